The van der Waals surface area contributed by atoms with E-state index in [1.807, 2.05) is 6.07 Å². The number of nitrogens with zero attached hydrogens (tertiary/aromatic N) is 3. The molecule has 3 rings (SSSR count). The molecular formula is C11H11BrN4O. The lowest BCUT2D eigenvalue weighted by atomic mass is 9.78. The lowest BCUT2D eigenvalue weighted by Crippen LogP contribution is -2.43. The molecular weight excluding hydrogens is 284 g/mol. The fraction of sp³-hybridized carbons (Fsp3) is 0.364. The summed E-state index contributed by atoms with van der Waals surface area (Å²) in [6, 6.07) is 1.89. The number of hydrogen-bond donors (Lipinski definition) is 1. The molecule has 17 heavy (non-hydrogen) atoms. The number of aromatic nitrogens is 3. The van der Waals surface area contributed by atoms with Crippen LogP contribution in [-0.2, 0) is 5.54 Å². The van der Waals surface area contributed by atoms with Gasteiger partial charge in [-0.25, -0.2) is 0 Å². The Morgan fingerprint density at radius 1 is 1.35 bits per heavy atom. The Bertz CT molecular complexity index is 550. The predicted octanol–water partition coefficient (Wildman–Crippen LogP) is 2.23. The molecule has 5 nitrogen and oxygen atoms in total. The van der Waals surface area contributed by atoms with Gasteiger partial charge in [0.1, 0.15) is 0 Å². The van der Waals surface area contributed by atoms with Crippen molar-refractivity contribution in [3.05, 3.63) is 28.8 Å². The monoisotopic (exact) mass is 294 g/mol. The van der Waals surface area contributed by atoms with E-state index in [1.54, 1.807) is 12.4 Å². The number of halogens is 1. The zero-order chi connectivity index (χ0) is 11.9. The van der Waals surface area contributed by atoms with Gasteiger partial charge in [-0.2, -0.15) is 4.98 Å². The van der Waals surface area contributed by atoms with E-state index in [-0.39, 0.29) is 0 Å². The number of rotatable bonds is 2. The number of nitrogens with two attached hydrogens (primary N) is 1. The third-order valence-electron chi connectivity index (χ3n) is 3.06. The van der Waals surface area contributed by atoms with Crippen LogP contribution in [0.2, 0.25) is 0 Å². The zero-order valence-corrected chi connectivity index (χ0v) is 10.6. The maximum absolute atomic E-state index is 6.12. The van der Waals surface area contributed by atoms with Crippen LogP contribution < -0.4 is 5.73 Å². The normalized spacial score (nSPS) is 17.8. The van der Waals surface area contributed by atoms with Crippen LogP contribution in [0.1, 0.15) is 25.2 Å². The molecule has 0 unspecified atom stereocenters. The van der Waals surface area contributed by atoms with Crippen molar-refractivity contribution < 1.29 is 4.52 Å². The summed E-state index contributed by atoms with van der Waals surface area (Å²) in [6.45, 7) is 0. The molecule has 0 atom stereocenters. The van der Waals surface area contributed by atoms with E-state index < -0.39 is 5.54 Å². The fourth-order valence-corrected chi connectivity index (χ4v) is 2.21. The Hall–Kier alpha value is -1.27. The van der Waals surface area contributed by atoms with Crippen molar-refractivity contribution in [2.45, 2.75) is 24.8 Å². The van der Waals surface area contributed by atoms with Gasteiger partial charge in [0, 0.05) is 22.4 Å². The SMILES string of the molecule is NC1(c2nc(-c3cncc(Br)c3)no2)CCC1. The predicted molar refractivity (Wildman–Crippen MR) is 64.9 cm³/mol. The van der Waals surface area contributed by atoms with Crippen molar-refractivity contribution >= 4 is 15.9 Å². The van der Waals surface area contributed by atoms with Gasteiger partial charge >= 0.3 is 0 Å². The highest BCUT2D eigenvalue weighted by molar-refractivity contribution is 9.10. The zero-order valence-electron chi connectivity index (χ0n) is 9.06. The van der Waals surface area contributed by atoms with Crippen LogP contribution >= 0.6 is 15.9 Å². The summed E-state index contributed by atoms with van der Waals surface area (Å²) in [4.78, 5) is 8.42. The molecule has 2 aromatic heterocycles. The Labute approximate surface area is 107 Å². The van der Waals surface area contributed by atoms with E-state index in [2.05, 4.69) is 31.1 Å². The number of hydrogen-bond acceptors (Lipinski definition) is 5. The molecule has 0 radical (unpaired) electrons. The van der Waals surface area contributed by atoms with Gasteiger partial charge in [0.15, 0.2) is 0 Å². The van der Waals surface area contributed by atoms with Crippen LogP contribution in [0.25, 0.3) is 11.4 Å². The van der Waals surface area contributed by atoms with Crippen LogP contribution in [-0.4, -0.2) is 15.1 Å². The van der Waals surface area contributed by atoms with E-state index in [1.165, 1.54) is 0 Å². The maximum atomic E-state index is 6.12. The molecule has 1 fully saturated rings. The second kappa shape index (κ2) is 3.89. The van der Waals surface area contributed by atoms with Crippen molar-refractivity contribution in [1.82, 2.24) is 15.1 Å². The fourth-order valence-electron chi connectivity index (χ4n) is 1.85. The second-order valence-electron chi connectivity index (χ2n) is 4.32. The molecule has 0 amide bonds. The van der Waals surface area contributed by atoms with Gasteiger partial charge in [0.25, 0.3) is 0 Å². The summed E-state index contributed by atoms with van der Waals surface area (Å²) in [5.74, 6) is 1.06. The molecule has 2 aromatic rings. The molecule has 0 saturated heterocycles. The Kier molecular flexibility index (Phi) is 2.48. The summed E-state index contributed by atoms with van der Waals surface area (Å²) in [5.41, 5.74) is 6.53. The summed E-state index contributed by atoms with van der Waals surface area (Å²) in [6.07, 6.45) is 6.34. The minimum absolute atomic E-state index is 0.412. The molecule has 0 aliphatic heterocycles. The number of pyridine rings is 1. The Balaban J connectivity index is 1.95. The van der Waals surface area contributed by atoms with E-state index in [4.69, 9.17) is 10.3 Å². The highest BCUT2D eigenvalue weighted by Gasteiger charge is 2.39. The minimum Gasteiger partial charge on any atom is -0.337 e. The standard InChI is InChI=1S/C11H11BrN4O/c12-8-4-7(5-14-6-8)9-15-10(17-16-9)11(13)2-1-3-11/h4-6H,1-3,13H2. The van der Waals surface area contributed by atoms with E-state index in [9.17, 15) is 0 Å². The topological polar surface area (TPSA) is 77.8 Å². The van der Waals surface area contributed by atoms with Crippen LogP contribution in [0.5, 0.6) is 0 Å². The Morgan fingerprint density at radius 2 is 2.18 bits per heavy atom. The molecule has 0 aromatic carbocycles. The molecule has 2 N–H and O–H groups in total. The van der Waals surface area contributed by atoms with Gasteiger partial charge < -0.3 is 10.3 Å². The van der Waals surface area contributed by atoms with Crippen molar-refractivity contribution in [1.29, 1.82) is 0 Å². The summed E-state index contributed by atoms with van der Waals surface area (Å²) >= 11 is 3.36. The first-order chi connectivity index (χ1) is 8.17. The van der Waals surface area contributed by atoms with Gasteiger partial charge in [-0.3, -0.25) is 4.98 Å². The highest BCUT2D eigenvalue weighted by atomic mass is 79.9. The quantitative estimate of drug-likeness (QED) is 0.919. The smallest absolute Gasteiger partial charge is 0.247 e. The van der Waals surface area contributed by atoms with Crippen molar-refractivity contribution in [3.8, 4) is 11.4 Å². The summed E-state index contributed by atoms with van der Waals surface area (Å²) < 4.78 is 6.12. The third-order valence-corrected chi connectivity index (χ3v) is 3.49. The molecule has 88 valence electrons. The van der Waals surface area contributed by atoms with Crippen LogP contribution in [0.4, 0.5) is 0 Å². The third kappa shape index (κ3) is 1.87. The lowest BCUT2D eigenvalue weighted by molar-refractivity contribution is 0.181. The second-order valence-corrected chi connectivity index (χ2v) is 5.24. The van der Waals surface area contributed by atoms with Crippen molar-refractivity contribution in [2.75, 3.05) is 0 Å². The lowest BCUT2D eigenvalue weighted by Gasteiger charge is -2.33. The average molecular weight is 295 g/mol. The van der Waals surface area contributed by atoms with Gasteiger partial charge in [0.2, 0.25) is 11.7 Å². The largest absolute Gasteiger partial charge is 0.337 e. The van der Waals surface area contributed by atoms with Gasteiger partial charge in [-0.15, -0.1) is 0 Å². The van der Waals surface area contributed by atoms with Crippen LogP contribution in [0.15, 0.2) is 27.5 Å². The minimum atomic E-state index is -0.412. The molecule has 6 heteroatoms. The molecule has 0 bridgehead atoms. The van der Waals surface area contributed by atoms with E-state index >= 15 is 0 Å². The molecule has 2 heterocycles. The van der Waals surface area contributed by atoms with E-state index in [0.717, 1.165) is 29.3 Å². The van der Waals surface area contributed by atoms with Gasteiger partial charge in [-0.05, 0) is 41.3 Å². The molecule has 1 saturated carbocycles. The summed E-state index contributed by atoms with van der Waals surface area (Å²) in [7, 11) is 0. The first-order valence-corrected chi connectivity index (χ1v) is 6.21. The first-order valence-electron chi connectivity index (χ1n) is 5.41. The molecule has 1 aliphatic carbocycles. The maximum Gasteiger partial charge on any atom is 0.247 e. The average Bonchev–Trinajstić information content (AvgIpc) is 2.75. The van der Waals surface area contributed by atoms with Crippen LogP contribution in [0.3, 0.4) is 0 Å². The van der Waals surface area contributed by atoms with Gasteiger partial charge in [-0.1, -0.05) is 5.16 Å². The summed E-state index contributed by atoms with van der Waals surface area (Å²) in [5, 5.41) is 3.95. The highest BCUT2D eigenvalue weighted by Crippen LogP contribution is 2.38. The van der Waals surface area contributed by atoms with Gasteiger partial charge in [0.05, 0.1) is 5.54 Å². The first kappa shape index (κ1) is 10.9. The molecule has 0 spiro atoms. The van der Waals surface area contributed by atoms with Crippen molar-refractivity contribution in [3.63, 3.8) is 0 Å². The van der Waals surface area contributed by atoms with Crippen LogP contribution in [0, 0.1) is 0 Å². The van der Waals surface area contributed by atoms with Crippen molar-refractivity contribution in [2.24, 2.45) is 5.73 Å². The Morgan fingerprint density at radius 3 is 2.82 bits per heavy atom. The van der Waals surface area contributed by atoms with E-state index in [0.29, 0.717) is 11.7 Å². The molecule has 1 aliphatic rings.